The molecule has 0 aliphatic carbocycles. The molecule has 2 unspecified atom stereocenters. The Bertz CT molecular complexity index is 828. The summed E-state index contributed by atoms with van der Waals surface area (Å²) in [5.41, 5.74) is 6.80. The van der Waals surface area contributed by atoms with Gasteiger partial charge in [0, 0.05) is 12.6 Å². The van der Waals surface area contributed by atoms with Crippen molar-refractivity contribution in [2.45, 2.75) is 32.2 Å². The zero-order chi connectivity index (χ0) is 20.7. The molecule has 2 aromatic carbocycles. The Morgan fingerprint density at radius 3 is 2.61 bits per heavy atom. The maximum absolute atomic E-state index is 11.7. The molecule has 9 heteroatoms. The van der Waals surface area contributed by atoms with Crippen LogP contribution in [0.5, 0.6) is 0 Å². The van der Waals surface area contributed by atoms with E-state index < -0.39 is 23.2 Å². The van der Waals surface area contributed by atoms with Crippen LogP contribution in [0.25, 0.3) is 0 Å². The van der Waals surface area contributed by atoms with Crippen molar-refractivity contribution >= 4 is 17.5 Å². The largest absolute Gasteiger partial charge is 0.445 e. The minimum absolute atomic E-state index is 0.0123. The van der Waals surface area contributed by atoms with Gasteiger partial charge >= 0.3 is 6.09 Å². The van der Waals surface area contributed by atoms with Crippen LogP contribution in [0, 0.1) is 17.0 Å². The van der Waals surface area contributed by atoms with E-state index in [9.17, 15) is 25.1 Å². The number of nitrogens with two attached hydrogens (primary N) is 1. The van der Waals surface area contributed by atoms with Gasteiger partial charge in [0.25, 0.3) is 5.69 Å². The lowest BCUT2D eigenvalue weighted by Crippen LogP contribution is -2.29. The number of hydrogen-bond donors (Lipinski definition) is 4. The fraction of sp³-hybridized carbons (Fsp3) is 0.316. The molecule has 0 fully saturated rings. The third-order valence-corrected chi connectivity index (χ3v) is 4.21. The van der Waals surface area contributed by atoms with E-state index in [0.29, 0.717) is 5.56 Å². The Morgan fingerprint density at radius 2 is 1.96 bits per heavy atom. The number of aryl methyl sites for hydroxylation is 1. The summed E-state index contributed by atoms with van der Waals surface area (Å²) in [6.45, 7) is 1.75. The number of anilines is 1. The molecule has 2 atom stereocenters. The molecule has 0 aliphatic heterocycles. The minimum atomic E-state index is -1.36. The van der Waals surface area contributed by atoms with E-state index in [1.807, 2.05) is 30.3 Å². The second-order valence-corrected chi connectivity index (χ2v) is 6.32. The van der Waals surface area contributed by atoms with E-state index >= 15 is 0 Å². The molecule has 1 amide bonds. The molecule has 2 aromatic rings. The number of aliphatic hydroxyl groups is 2. The number of hydrogen-bond acceptors (Lipinski definition) is 7. The Morgan fingerprint density at radius 1 is 1.29 bits per heavy atom. The highest BCUT2D eigenvalue weighted by Gasteiger charge is 2.23. The monoisotopic (exact) mass is 389 g/mol. The molecular weight excluding hydrogens is 366 g/mol. The molecule has 2 rings (SSSR count). The van der Waals surface area contributed by atoms with Gasteiger partial charge in [-0.05, 0) is 30.0 Å². The van der Waals surface area contributed by atoms with Gasteiger partial charge in [-0.2, -0.15) is 0 Å². The van der Waals surface area contributed by atoms with E-state index in [4.69, 9.17) is 10.5 Å². The summed E-state index contributed by atoms with van der Waals surface area (Å²) in [4.78, 5) is 22.1. The van der Waals surface area contributed by atoms with E-state index in [2.05, 4.69) is 5.32 Å². The van der Waals surface area contributed by atoms with Crippen molar-refractivity contribution in [1.29, 1.82) is 0 Å². The molecule has 0 bridgehead atoms. The molecule has 0 radical (unpaired) electrons. The fourth-order valence-electron chi connectivity index (χ4n) is 2.61. The fourth-order valence-corrected chi connectivity index (χ4v) is 2.61. The first-order valence-corrected chi connectivity index (χ1v) is 8.64. The summed E-state index contributed by atoms with van der Waals surface area (Å²) in [5, 5.41) is 33.9. The van der Waals surface area contributed by atoms with Crippen LogP contribution < -0.4 is 11.1 Å². The lowest BCUT2D eigenvalue weighted by molar-refractivity contribution is -0.384. The van der Waals surface area contributed by atoms with Gasteiger partial charge in [0.2, 0.25) is 0 Å². The van der Waals surface area contributed by atoms with E-state index in [-0.39, 0.29) is 36.5 Å². The Balaban J connectivity index is 1.85. The second kappa shape index (κ2) is 9.67. The van der Waals surface area contributed by atoms with Crippen LogP contribution in [0.3, 0.4) is 0 Å². The van der Waals surface area contributed by atoms with Crippen LogP contribution in [0.15, 0.2) is 42.5 Å². The molecule has 9 nitrogen and oxygen atoms in total. The molecule has 28 heavy (non-hydrogen) atoms. The molecule has 0 aliphatic rings. The molecule has 5 N–H and O–H groups in total. The molecule has 150 valence electrons. The van der Waals surface area contributed by atoms with Crippen LogP contribution >= 0.6 is 0 Å². The first-order valence-electron chi connectivity index (χ1n) is 8.64. The van der Waals surface area contributed by atoms with Gasteiger partial charge in [0.05, 0.1) is 11.0 Å². The average molecular weight is 389 g/mol. The summed E-state index contributed by atoms with van der Waals surface area (Å²) < 4.78 is 5.04. The number of carbonyl (C=O) groups is 1. The number of amides is 1. The number of nitrogens with one attached hydrogen (secondary N) is 1. The highest BCUT2D eigenvalue weighted by molar-refractivity contribution is 5.67. The summed E-state index contributed by atoms with van der Waals surface area (Å²) in [6, 6.07) is 11.8. The maximum Gasteiger partial charge on any atom is 0.407 e. The average Bonchev–Trinajstić information content (AvgIpc) is 2.68. The van der Waals surface area contributed by atoms with E-state index in [1.165, 1.54) is 6.07 Å². The van der Waals surface area contributed by atoms with Gasteiger partial charge < -0.3 is 26.0 Å². The van der Waals surface area contributed by atoms with Crippen LogP contribution in [0.4, 0.5) is 16.2 Å². The summed E-state index contributed by atoms with van der Waals surface area (Å²) in [6.07, 6.45) is -3.22. The van der Waals surface area contributed by atoms with Gasteiger partial charge in [0.15, 0.2) is 0 Å². The first kappa shape index (κ1) is 21.1. The topological polar surface area (TPSA) is 148 Å². The number of carbonyl (C=O) groups excluding carboxylic acids is 1. The molecule has 0 aromatic heterocycles. The predicted molar refractivity (Wildman–Crippen MR) is 102 cm³/mol. The highest BCUT2D eigenvalue weighted by atomic mass is 16.6. The number of alkyl carbamates (subject to hydrolysis) is 1. The Labute approximate surface area is 161 Å². The van der Waals surface area contributed by atoms with Gasteiger partial charge in [-0.25, -0.2) is 4.79 Å². The second-order valence-electron chi connectivity index (χ2n) is 6.32. The zero-order valence-electron chi connectivity index (χ0n) is 15.4. The minimum Gasteiger partial charge on any atom is -0.445 e. The third kappa shape index (κ3) is 5.66. The van der Waals surface area contributed by atoms with Crippen molar-refractivity contribution in [3.63, 3.8) is 0 Å². The molecule has 0 spiro atoms. The quantitative estimate of drug-likeness (QED) is 0.307. The summed E-state index contributed by atoms with van der Waals surface area (Å²) in [5.74, 6) is 0. The highest BCUT2D eigenvalue weighted by Crippen LogP contribution is 2.30. The first-order chi connectivity index (χ1) is 13.3. The van der Waals surface area contributed by atoms with Gasteiger partial charge in [-0.1, -0.05) is 36.4 Å². The smallest absolute Gasteiger partial charge is 0.407 e. The summed E-state index contributed by atoms with van der Waals surface area (Å²) in [7, 11) is 0. The van der Waals surface area contributed by atoms with Crippen molar-refractivity contribution in [2.75, 3.05) is 12.3 Å². The SMILES string of the molecule is Cc1cc(C(O)C(O)CCNC(=O)OCc2ccccc2)cc([N+](=O)[O-])c1N. The predicted octanol–water partition coefficient (Wildman–Crippen LogP) is 2.20. The lowest BCUT2D eigenvalue weighted by Gasteiger charge is -2.19. The number of nitro groups is 1. The van der Waals surface area contributed by atoms with Crippen molar-refractivity contribution in [3.05, 3.63) is 69.3 Å². The van der Waals surface area contributed by atoms with Crippen molar-refractivity contribution < 1.29 is 24.7 Å². The molecule has 0 saturated carbocycles. The molecule has 0 saturated heterocycles. The van der Waals surface area contributed by atoms with E-state index in [1.54, 1.807) is 6.92 Å². The number of benzene rings is 2. The third-order valence-electron chi connectivity index (χ3n) is 4.21. The van der Waals surface area contributed by atoms with Crippen molar-refractivity contribution in [1.82, 2.24) is 5.32 Å². The number of nitrogen functional groups attached to an aromatic ring is 1. The maximum atomic E-state index is 11.7. The van der Waals surface area contributed by atoms with Crippen molar-refractivity contribution in [2.24, 2.45) is 0 Å². The molecule has 0 heterocycles. The zero-order valence-corrected chi connectivity index (χ0v) is 15.4. The number of ether oxygens (including phenoxy) is 1. The van der Waals surface area contributed by atoms with Gasteiger partial charge in [0.1, 0.15) is 18.4 Å². The van der Waals surface area contributed by atoms with Crippen LogP contribution in [0.1, 0.15) is 29.2 Å². The van der Waals surface area contributed by atoms with Crippen LogP contribution in [0.2, 0.25) is 0 Å². The Hall–Kier alpha value is -3.17. The number of aliphatic hydroxyl groups excluding tert-OH is 2. The normalized spacial score (nSPS) is 12.8. The number of rotatable bonds is 8. The lowest BCUT2D eigenvalue weighted by atomic mass is 9.98. The summed E-state index contributed by atoms with van der Waals surface area (Å²) >= 11 is 0. The van der Waals surface area contributed by atoms with Crippen LogP contribution in [-0.4, -0.2) is 33.9 Å². The van der Waals surface area contributed by atoms with E-state index in [0.717, 1.165) is 11.6 Å². The van der Waals surface area contributed by atoms with Crippen molar-refractivity contribution in [3.8, 4) is 0 Å². The number of nitro benzene ring substituents is 1. The Kier molecular flexibility index (Phi) is 7.30. The van der Waals surface area contributed by atoms with Gasteiger partial charge in [-0.15, -0.1) is 0 Å². The van der Waals surface area contributed by atoms with Gasteiger partial charge in [-0.3, -0.25) is 10.1 Å². The van der Waals surface area contributed by atoms with Crippen LogP contribution in [-0.2, 0) is 11.3 Å². The molecular formula is C19H23N3O6. The number of nitrogens with zero attached hydrogens (tertiary/aromatic N) is 1. The standard InChI is InChI=1S/C19H23N3O6/c1-12-9-14(10-15(17(12)20)22(26)27)18(24)16(23)7-8-21-19(25)28-11-13-5-3-2-4-6-13/h2-6,9-10,16,18,23-24H,7-8,11,20H2,1H3,(H,21,25).